The summed E-state index contributed by atoms with van der Waals surface area (Å²) in [5.74, 6) is 0.866. The third-order valence-electron chi connectivity index (χ3n) is 3.64. The molecule has 0 fully saturated rings. The van der Waals surface area contributed by atoms with E-state index in [2.05, 4.69) is 53.7 Å². The van der Waals surface area contributed by atoms with Crippen LogP contribution in [0.15, 0.2) is 29.3 Å². The molecular formula is C18H32IN3O. The number of nitrogens with one attached hydrogen (secondary N) is 2. The predicted octanol–water partition coefficient (Wildman–Crippen LogP) is 4.08. The molecule has 2 N–H and O–H groups in total. The summed E-state index contributed by atoms with van der Waals surface area (Å²) >= 11 is 0. The van der Waals surface area contributed by atoms with E-state index in [0.29, 0.717) is 12.6 Å². The molecule has 1 aromatic carbocycles. The fraction of sp³-hybridized carbons (Fsp3) is 0.611. The molecule has 0 aliphatic rings. The minimum absolute atomic E-state index is 0. The van der Waals surface area contributed by atoms with E-state index in [4.69, 9.17) is 4.74 Å². The van der Waals surface area contributed by atoms with Crippen molar-refractivity contribution in [1.82, 2.24) is 10.6 Å². The van der Waals surface area contributed by atoms with Crippen molar-refractivity contribution in [1.29, 1.82) is 0 Å². The Hall–Kier alpha value is -0.820. The second-order valence-corrected chi connectivity index (χ2v) is 5.72. The van der Waals surface area contributed by atoms with Crippen LogP contribution in [0, 0.1) is 0 Å². The average Bonchev–Trinajstić information content (AvgIpc) is 2.53. The monoisotopic (exact) mass is 433 g/mol. The molecule has 23 heavy (non-hydrogen) atoms. The van der Waals surface area contributed by atoms with E-state index < -0.39 is 0 Å². The highest BCUT2D eigenvalue weighted by Crippen LogP contribution is 2.06. The molecule has 0 saturated carbocycles. The Morgan fingerprint density at radius 3 is 2.39 bits per heavy atom. The van der Waals surface area contributed by atoms with Gasteiger partial charge in [-0.25, -0.2) is 0 Å². The molecule has 0 aliphatic heterocycles. The van der Waals surface area contributed by atoms with Gasteiger partial charge in [0.15, 0.2) is 5.96 Å². The topological polar surface area (TPSA) is 45.7 Å². The third-order valence-corrected chi connectivity index (χ3v) is 3.64. The Balaban J connectivity index is 0.00000484. The molecule has 0 radical (unpaired) electrons. The first-order valence-corrected chi connectivity index (χ1v) is 8.23. The largest absolute Gasteiger partial charge is 0.380 e. The van der Waals surface area contributed by atoms with Crippen molar-refractivity contribution in [3.63, 3.8) is 0 Å². The number of rotatable bonds is 9. The summed E-state index contributed by atoms with van der Waals surface area (Å²) in [5.41, 5.74) is 2.43. The van der Waals surface area contributed by atoms with E-state index in [-0.39, 0.29) is 24.0 Å². The molecule has 1 rings (SSSR count). The number of nitrogens with zero attached hydrogens (tertiary/aromatic N) is 1. The Morgan fingerprint density at radius 1 is 1.17 bits per heavy atom. The highest BCUT2D eigenvalue weighted by atomic mass is 127. The molecule has 0 saturated heterocycles. The van der Waals surface area contributed by atoms with E-state index in [9.17, 15) is 0 Å². The van der Waals surface area contributed by atoms with Crippen LogP contribution in [-0.4, -0.2) is 26.2 Å². The average molecular weight is 433 g/mol. The molecule has 1 unspecified atom stereocenters. The van der Waals surface area contributed by atoms with E-state index in [0.717, 1.165) is 12.5 Å². The van der Waals surface area contributed by atoms with Gasteiger partial charge in [-0.1, -0.05) is 50.5 Å². The molecule has 0 aliphatic carbocycles. The lowest BCUT2D eigenvalue weighted by Crippen LogP contribution is -2.41. The third kappa shape index (κ3) is 9.81. The van der Waals surface area contributed by atoms with Gasteiger partial charge in [0.1, 0.15) is 0 Å². The summed E-state index contributed by atoms with van der Waals surface area (Å²) in [7, 11) is 3.53. The van der Waals surface area contributed by atoms with Crippen molar-refractivity contribution in [2.24, 2.45) is 4.99 Å². The molecule has 132 valence electrons. The zero-order valence-corrected chi connectivity index (χ0v) is 17.2. The molecule has 4 nitrogen and oxygen atoms in total. The van der Waals surface area contributed by atoms with Crippen LogP contribution in [0.1, 0.15) is 50.7 Å². The Bertz CT molecular complexity index is 434. The van der Waals surface area contributed by atoms with E-state index in [1.165, 1.54) is 36.8 Å². The molecule has 0 aromatic heterocycles. The number of benzene rings is 1. The zero-order valence-electron chi connectivity index (χ0n) is 14.9. The van der Waals surface area contributed by atoms with Gasteiger partial charge in [-0.2, -0.15) is 0 Å². The van der Waals surface area contributed by atoms with Crippen LogP contribution in [0.3, 0.4) is 0 Å². The summed E-state index contributed by atoms with van der Waals surface area (Å²) in [6, 6.07) is 8.90. The van der Waals surface area contributed by atoms with Gasteiger partial charge in [0, 0.05) is 26.7 Å². The highest BCUT2D eigenvalue weighted by Gasteiger charge is 2.04. The first kappa shape index (κ1) is 22.2. The molecule has 0 heterocycles. The number of guanidine groups is 1. The van der Waals surface area contributed by atoms with Gasteiger partial charge in [-0.15, -0.1) is 24.0 Å². The smallest absolute Gasteiger partial charge is 0.191 e. The van der Waals surface area contributed by atoms with Crippen molar-refractivity contribution in [3.05, 3.63) is 35.4 Å². The van der Waals surface area contributed by atoms with Gasteiger partial charge in [0.05, 0.1) is 6.61 Å². The quantitative estimate of drug-likeness (QED) is 0.267. The minimum atomic E-state index is 0. The van der Waals surface area contributed by atoms with Gasteiger partial charge < -0.3 is 15.4 Å². The van der Waals surface area contributed by atoms with E-state index in [1.807, 2.05) is 7.05 Å². The van der Waals surface area contributed by atoms with E-state index in [1.54, 1.807) is 7.11 Å². The summed E-state index contributed by atoms with van der Waals surface area (Å²) in [5, 5.41) is 6.81. The maximum Gasteiger partial charge on any atom is 0.191 e. The van der Waals surface area contributed by atoms with Crippen LogP contribution in [0.4, 0.5) is 0 Å². The van der Waals surface area contributed by atoms with Crippen molar-refractivity contribution >= 4 is 29.9 Å². The lowest BCUT2D eigenvalue weighted by molar-refractivity contribution is 0.185. The zero-order chi connectivity index (χ0) is 16.2. The summed E-state index contributed by atoms with van der Waals surface area (Å²) in [6.45, 7) is 5.87. The first-order valence-electron chi connectivity index (χ1n) is 8.23. The summed E-state index contributed by atoms with van der Waals surface area (Å²) < 4.78 is 5.12. The molecule has 0 spiro atoms. The molecular weight excluding hydrogens is 401 g/mol. The van der Waals surface area contributed by atoms with Crippen LogP contribution >= 0.6 is 24.0 Å². The fourth-order valence-corrected chi connectivity index (χ4v) is 2.31. The Labute approximate surface area is 158 Å². The van der Waals surface area contributed by atoms with Crippen LogP contribution in [0.25, 0.3) is 0 Å². The molecule has 1 aromatic rings. The van der Waals surface area contributed by atoms with Crippen LogP contribution in [0.5, 0.6) is 0 Å². The maximum atomic E-state index is 5.12. The van der Waals surface area contributed by atoms with Crippen molar-refractivity contribution in [2.45, 2.75) is 58.7 Å². The lowest BCUT2D eigenvalue weighted by atomic mass is 10.1. The van der Waals surface area contributed by atoms with Crippen molar-refractivity contribution < 1.29 is 4.74 Å². The number of aliphatic imine (C=N–C) groups is 1. The second kappa shape index (κ2) is 13.6. The summed E-state index contributed by atoms with van der Waals surface area (Å²) in [6.07, 6.45) is 5.01. The number of methoxy groups -OCH3 is 1. The van der Waals surface area contributed by atoms with E-state index >= 15 is 0 Å². The van der Waals surface area contributed by atoms with Crippen LogP contribution in [-0.2, 0) is 17.9 Å². The minimum Gasteiger partial charge on any atom is -0.380 e. The van der Waals surface area contributed by atoms with Crippen molar-refractivity contribution in [2.75, 3.05) is 14.2 Å². The number of unbranched alkanes of at least 4 members (excludes halogenated alkanes) is 2. The van der Waals surface area contributed by atoms with Gasteiger partial charge >= 0.3 is 0 Å². The number of hydrogen-bond acceptors (Lipinski definition) is 2. The number of hydrogen-bond donors (Lipinski definition) is 2. The van der Waals surface area contributed by atoms with Crippen LogP contribution < -0.4 is 10.6 Å². The van der Waals surface area contributed by atoms with Gasteiger partial charge in [0.2, 0.25) is 0 Å². The predicted molar refractivity (Wildman–Crippen MR) is 110 cm³/mol. The number of halogens is 1. The summed E-state index contributed by atoms with van der Waals surface area (Å²) in [4.78, 5) is 4.29. The molecule has 0 amide bonds. The van der Waals surface area contributed by atoms with Crippen molar-refractivity contribution in [3.8, 4) is 0 Å². The molecule has 5 heteroatoms. The molecule has 0 bridgehead atoms. The van der Waals surface area contributed by atoms with Gasteiger partial charge in [-0.3, -0.25) is 4.99 Å². The molecule has 1 atom stereocenters. The lowest BCUT2D eigenvalue weighted by Gasteiger charge is -2.18. The van der Waals surface area contributed by atoms with Crippen LogP contribution in [0.2, 0.25) is 0 Å². The Morgan fingerprint density at radius 2 is 1.83 bits per heavy atom. The first-order chi connectivity index (χ1) is 10.7. The van der Waals surface area contributed by atoms with Gasteiger partial charge in [-0.05, 0) is 24.5 Å². The second-order valence-electron chi connectivity index (χ2n) is 5.72. The SMILES string of the molecule is CCCCCC(C)NC(=NC)NCc1ccc(COC)cc1.I. The Kier molecular flexibility index (Phi) is 13.1. The standard InChI is InChI=1S/C18H31N3O.HI/c1-5-6-7-8-15(2)21-18(19-3)20-13-16-9-11-17(12-10-16)14-22-4;/h9-12,15H,5-8,13-14H2,1-4H3,(H2,19,20,21);1H. The normalized spacial score (nSPS) is 12.4. The maximum absolute atomic E-state index is 5.12. The number of ether oxygens (including phenoxy) is 1. The van der Waals surface area contributed by atoms with Gasteiger partial charge in [0.25, 0.3) is 0 Å². The highest BCUT2D eigenvalue weighted by molar-refractivity contribution is 14.0. The fourth-order valence-electron chi connectivity index (χ4n) is 2.31.